The number of alkyl halides is 2. The average molecular weight is 404 g/mol. The number of carbonyl (C=O) groups excluding carboxylic acids is 1. The minimum absolute atomic E-state index is 0.0578. The van der Waals surface area contributed by atoms with E-state index in [-0.39, 0.29) is 23.9 Å². The monoisotopic (exact) mass is 404 g/mol. The number of fused-ring (bicyclic) bond motifs is 1. The normalized spacial score (nSPS) is 16.9. The highest BCUT2D eigenvalue weighted by Crippen LogP contribution is 2.42. The number of rotatable bonds is 8. The van der Waals surface area contributed by atoms with E-state index in [1.807, 2.05) is 19.9 Å². The predicted molar refractivity (Wildman–Crippen MR) is 106 cm³/mol. The van der Waals surface area contributed by atoms with Crippen LogP contribution in [0.25, 0.3) is 0 Å². The van der Waals surface area contributed by atoms with E-state index in [2.05, 4.69) is 22.2 Å². The molecule has 3 rings (SSSR count). The lowest BCUT2D eigenvalue weighted by Gasteiger charge is -2.30. The summed E-state index contributed by atoms with van der Waals surface area (Å²) in [6.45, 7) is 7.83. The molecule has 1 aliphatic rings. The van der Waals surface area contributed by atoms with Crippen molar-refractivity contribution < 1.29 is 18.3 Å². The number of carbonyl (C=O) groups is 1. The first-order valence-corrected chi connectivity index (χ1v) is 9.78. The van der Waals surface area contributed by atoms with E-state index in [1.165, 1.54) is 0 Å². The number of nitrogens with one attached hydrogen (secondary N) is 1. The van der Waals surface area contributed by atoms with Crippen LogP contribution in [0.5, 0.6) is 5.88 Å². The van der Waals surface area contributed by atoms with Crippen LogP contribution >= 0.6 is 0 Å². The van der Waals surface area contributed by atoms with Gasteiger partial charge in [0.05, 0.1) is 17.6 Å². The second-order valence-electron chi connectivity index (χ2n) is 7.20. The first kappa shape index (κ1) is 21.0. The summed E-state index contributed by atoms with van der Waals surface area (Å²) in [5, 5.41) is 3.30. The van der Waals surface area contributed by atoms with Gasteiger partial charge in [0.25, 0.3) is 12.3 Å². The standard InChI is InChI=1S/C21H26F2N4O2/c1-5-7-24-19-18-14(4)27(21(28)16(18)6-8-25-19)13(3)15-9-12(2)20(26-10-15)29-11-17(22)23/h6,8-10,13-14,17H,5,7,11H2,1-4H3,(H,24,25). The van der Waals surface area contributed by atoms with Crippen LogP contribution in [0, 0.1) is 6.92 Å². The van der Waals surface area contributed by atoms with Gasteiger partial charge in [-0.25, -0.2) is 18.7 Å². The highest BCUT2D eigenvalue weighted by molar-refractivity contribution is 6.00. The zero-order chi connectivity index (χ0) is 21.1. The van der Waals surface area contributed by atoms with Crippen LogP contribution in [0.4, 0.5) is 14.6 Å². The maximum atomic E-state index is 13.1. The zero-order valence-electron chi connectivity index (χ0n) is 17.1. The summed E-state index contributed by atoms with van der Waals surface area (Å²) >= 11 is 0. The van der Waals surface area contributed by atoms with Gasteiger partial charge in [-0.15, -0.1) is 0 Å². The van der Waals surface area contributed by atoms with Crippen molar-refractivity contribution in [1.29, 1.82) is 0 Å². The third-order valence-corrected chi connectivity index (χ3v) is 5.13. The number of hydrogen-bond donors (Lipinski definition) is 1. The largest absolute Gasteiger partial charge is 0.471 e. The molecular formula is C21H26F2N4O2. The Morgan fingerprint density at radius 3 is 2.76 bits per heavy atom. The Morgan fingerprint density at radius 2 is 2.10 bits per heavy atom. The molecule has 2 aromatic heterocycles. The van der Waals surface area contributed by atoms with Gasteiger partial charge in [0.2, 0.25) is 5.88 Å². The van der Waals surface area contributed by atoms with E-state index in [4.69, 9.17) is 4.74 Å². The van der Waals surface area contributed by atoms with Crippen molar-refractivity contribution in [3.8, 4) is 5.88 Å². The maximum absolute atomic E-state index is 13.1. The van der Waals surface area contributed by atoms with Gasteiger partial charge in [-0.05, 0) is 44.9 Å². The molecular weight excluding hydrogens is 378 g/mol. The van der Waals surface area contributed by atoms with Gasteiger partial charge < -0.3 is 15.0 Å². The minimum Gasteiger partial charge on any atom is -0.471 e. The van der Waals surface area contributed by atoms with Crippen molar-refractivity contribution >= 4 is 11.7 Å². The molecule has 8 heteroatoms. The molecule has 2 atom stereocenters. The summed E-state index contributed by atoms with van der Waals surface area (Å²) in [4.78, 5) is 23.5. The number of aromatic nitrogens is 2. The molecule has 0 bridgehead atoms. The Kier molecular flexibility index (Phi) is 6.30. The van der Waals surface area contributed by atoms with Crippen LogP contribution in [-0.4, -0.2) is 40.4 Å². The van der Waals surface area contributed by atoms with Crippen molar-refractivity contribution in [2.75, 3.05) is 18.5 Å². The van der Waals surface area contributed by atoms with Gasteiger partial charge in [0, 0.05) is 30.1 Å². The quantitative estimate of drug-likeness (QED) is 0.700. The molecule has 1 aliphatic heterocycles. The Hall–Kier alpha value is -2.77. The molecule has 2 aromatic rings. The molecule has 29 heavy (non-hydrogen) atoms. The molecule has 0 radical (unpaired) electrons. The van der Waals surface area contributed by atoms with E-state index in [0.29, 0.717) is 11.1 Å². The molecule has 2 unspecified atom stereocenters. The van der Waals surface area contributed by atoms with Gasteiger partial charge in [-0.2, -0.15) is 0 Å². The summed E-state index contributed by atoms with van der Waals surface area (Å²) in [6.07, 6.45) is 1.63. The molecule has 0 saturated heterocycles. The summed E-state index contributed by atoms with van der Waals surface area (Å²) in [6, 6.07) is 3.17. The molecule has 6 nitrogen and oxygen atoms in total. The fourth-order valence-electron chi connectivity index (χ4n) is 3.70. The Morgan fingerprint density at radius 1 is 1.34 bits per heavy atom. The lowest BCUT2D eigenvalue weighted by atomic mass is 10.0. The lowest BCUT2D eigenvalue weighted by Crippen LogP contribution is -2.30. The molecule has 156 valence electrons. The minimum atomic E-state index is -2.56. The van der Waals surface area contributed by atoms with Crippen LogP contribution in [0.15, 0.2) is 24.5 Å². The topological polar surface area (TPSA) is 67.3 Å². The van der Waals surface area contributed by atoms with Crippen molar-refractivity contribution in [3.63, 3.8) is 0 Å². The van der Waals surface area contributed by atoms with Crippen molar-refractivity contribution in [3.05, 3.63) is 46.8 Å². The second kappa shape index (κ2) is 8.71. The molecule has 0 aliphatic carbocycles. The number of halogens is 2. The summed E-state index contributed by atoms with van der Waals surface area (Å²) < 4.78 is 29.8. The van der Waals surface area contributed by atoms with E-state index >= 15 is 0 Å². The van der Waals surface area contributed by atoms with Crippen LogP contribution in [-0.2, 0) is 0 Å². The van der Waals surface area contributed by atoms with Crippen LogP contribution in [0.1, 0.15) is 66.3 Å². The lowest BCUT2D eigenvalue weighted by molar-refractivity contribution is 0.0658. The third kappa shape index (κ3) is 4.16. The average Bonchev–Trinajstić information content (AvgIpc) is 2.95. The molecule has 0 aromatic carbocycles. The van der Waals surface area contributed by atoms with Crippen molar-refractivity contribution in [2.24, 2.45) is 0 Å². The van der Waals surface area contributed by atoms with E-state index < -0.39 is 13.0 Å². The number of hydrogen-bond acceptors (Lipinski definition) is 5. The van der Waals surface area contributed by atoms with Crippen LogP contribution in [0.3, 0.4) is 0 Å². The highest BCUT2D eigenvalue weighted by atomic mass is 19.3. The van der Waals surface area contributed by atoms with Crippen LogP contribution in [0.2, 0.25) is 0 Å². The number of ether oxygens (including phenoxy) is 1. The van der Waals surface area contributed by atoms with E-state index in [0.717, 1.165) is 29.9 Å². The fourth-order valence-corrected chi connectivity index (χ4v) is 3.70. The number of amides is 1. The molecule has 0 saturated carbocycles. The number of pyridine rings is 2. The van der Waals surface area contributed by atoms with Gasteiger partial charge in [0.15, 0.2) is 6.61 Å². The Bertz CT molecular complexity index is 891. The summed E-state index contributed by atoms with van der Waals surface area (Å²) in [7, 11) is 0. The van der Waals surface area contributed by atoms with Crippen LogP contribution < -0.4 is 10.1 Å². The van der Waals surface area contributed by atoms with Crippen molar-refractivity contribution in [1.82, 2.24) is 14.9 Å². The molecule has 0 spiro atoms. The van der Waals surface area contributed by atoms with E-state index in [1.54, 1.807) is 30.3 Å². The first-order valence-electron chi connectivity index (χ1n) is 9.78. The fraction of sp³-hybridized carbons (Fsp3) is 0.476. The summed E-state index contributed by atoms with van der Waals surface area (Å²) in [5.41, 5.74) is 3.02. The predicted octanol–water partition coefficient (Wildman–Crippen LogP) is 4.53. The third-order valence-electron chi connectivity index (χ3n) is 5.13. The second-order valence-corrected chi connectivity index (χ2v) is 7.20. The summed E-state index contributed by atoms with van der Waals surface area (Å²) in [5.74, 6) is 0.864. The molecule has 3 heterocycles. The zero-order valence-corrected chi connectivity index (χ0v) is 17.1. The number of anilines is 1. The van der Waals surface area contributed by atoms with Gasteiger partial charge in [0.1, 0.15) is 5.82 Å². The molecule has 0 fully saturated rings. The van der Waals surface area contributed by atoms with Gasteiger partial charge >= 0.3 is 0 Å². The van der Waals surface area contributed by atoms with Gasteiger partial charge in [-0.1, -0.05) is 6.92 Å². The van der Waals surface area contributed by atoms with Crippen molar-refractivity contribution in [2.45, 2.75) is 52.6 Å². The number of aryl methyl sites for hydroxylation is 1. The maximum Gasteiger partial charge on any atom is 0.272 e. The SMILES string of the molecule is CCCNc1nccc2c1C(C)N(C(C)c1cnc(OCC(F)F)c(C)c1)C2=O. The molecule has 1 N–H and O–H groups in total. The van der Waals surface area contributed by atoms with E-state index in [9.17, 15) is 13.6 Å². The highest BCUT2D eigenvalue weighted by Gasteiger charge is 2.39. The Labute approximate surface area is 169 Å². The Balaban J connectivity index is 1.85. The molecule has 1 amide bonds. The van der Waals surface area contributed by atoms with Gasteiger partial charge in [-0.3, -0.25) is 4.79 Å². The smallest absolute Gasteiger partial charge is 0.272 e. The first-order chi connectivity index (χ1) is 13.8. The number of nitrogens with zero attached hydrogens (tertiary/aromatic N) is 3.